The molecule has 2 nitrogen and oxygen atoms in total. The van der Waals surface area contributed by atoms with Gasteiger partial charge in [0.25, 0.3) is 0 Å². The van der Waals surface area contributed by atoms with Gasteiger partial charge in [-0.25, -0.2) is 0 Å². The van der Waals surface area contributed by atoms with Gasteiger partial charge in [-0.05, 0) is 132 Å². The average Bonchev–Trinajstić information content (AvgIpc) is 3.74. The van der Waals surface area contributed by atoms with Gasteiger partial charge in [0.1, 0.15) is 0 Å². The van der Waals surface area contributed by atoms with E-state index in [1.807, 2.05) is 0 Å². The molecule has 0 bridgehead atoms. The Hall–Kier alpha value is -5.86. The lowest BCUT2D eigenvalue weighted by atomic mass is 9.76. The molecule has 2 heteroatoms. The molecule has 0 aliphatic heterocycles. The molecule has 0 unspecified atom stereocenters. The van der Waals surface area contributed by atoms with E-state index < -0.39 is 0 Å². The number of rotatable bonds is 7. The van der Waals surface area contributed by atoms with Crippen molar-refractivity contribution < 1.29 is 0 Å². The molecule has 1 atom stereocenters. The first-order valence-corrected chi connectivity index (χ1v) is 17.4. The van der Waals surface area contributed by atoms with E-state index in [4.69, 9.17) is 0 Å². The molecule has 0 amide bonds. The predicted octanol–water partition coefficient (Wildman–Crippen LogP) is 12.5. The van der Waals surface area contributed by atoms with Crippen molar-refractivity contribution in [3.8, 4) is 11.1 Å². The molecule has 1 spiro atoms. The zero-order valence-electron chi connectivity index (χ0n) is 27.5. The van der Waals surface area contributed by atoms with Crippen LogP contribution in [-0.2, 0) is 18.3 Å². The summed E-state index contributed by atoms with van der Waals surface area (Å²) in [7, 11) is 0. The summed E-state index contributed by atoms with van der Waals surface area (Å²) in [5, 5.41) is 0. The summed E-state index contributed by atoms with van der Waals surface area (Å²) in [6.45, 7) is 0. The second-order valence-electron chi connectivity index (χ2n) is 13.4. The van der Waals surface area contributed by atoms with Gasteiger partial charge in [0.05, 0.1) is 0 Å². The monoisotopic (exact) mass is 630 g/mol. The van der Waals surface area contributed by atoms with E-state index in [1.165, 1.54) is 56.1 Å². The van der Waals surface area contributed by atoms with E-state index in [2.05, 4.69) is 192 Å². The van der Waals surface area contributed by atoms with Crippen LogP contribution in [0.15, 0.2) is 182 Å². The Bertz CT molecular complexity index is 2170. The predicted molar refractivity (Wildman–Crippen MR) is 205 cm³/mol. The number of hydrogen-bond acceptors (Lipinski definition) is 2. The van der Waals surface area contributed by atoms with E-state index in [1.54, 1.807) is 0 Å². The lowest BCUT2D eigenvalue weighted by molar-refractivity contribution is 0.507. The molecule has 7 aromatic rings. The van der Waals surface area contributed by atoms with E-state index in [9.17, 15) is 0 Å². The standard InChI is InChI=1S/C47H38N2/c1-5-13-35(14-6-1)36-21-25-42(26-22-36)49(41-19-11-4-12-20-41)44-28-24-38-30-32-47(46(38)34-44)31-29-37-23-27-43(33-45(37)47)48(39-15-7-2-8-16-39)40-17-9-3-10-18-40/h1-28,33-34H,29-32H2/t47-/m1/s1. The number of benzene rings is 7. The molecule has 0 saturated heterocycles. The topological polar surface area (TPSA) is 6.48 Å². The van der Waals surface area contributed by atoms with Gasteiger partial charge in [-0.3, -0.25) is 0 Å². The van der Waals surface area contributed by atoms with Crippen LogP contribution in [0, 0.1) is 0 Å². The van der Waals surface area contributed by atoms with E-state index in [-0.39, 0.29) is 5.41 Å². The molecule has 0 radical (unpaired) electrons. The second-order valence-corrected chi connectivity index (χ2v) is 13.4. The first-order valence-electron chi connectivity index (χ1n) is 17.4. The lowest BCUT2D eigenvalue weighted by Crippen LogP contribution is -2.22. The maximum atomic E-state index is 2.51. The van der Waals surface area contributed by atoms with Crippen LogP contribution in [0.5, 0.6) is 0 Å². The SMILES string of the molecule is c1ccc(-c2ccc(N(c3ccccc3)c3ccc4c(c3)[C@]3(CCc5ccc(N(c6ccccc6)c6ccccc6)cc53)CC4)cc2)cc1. The highest BCUT2D eigenvalue weighted by atomic mass is 15.1. The molecular weight excluding hydrogens is 593 g/mol. The number of fused-ring (bicyclic) bond motifs is 4. The van der Waals surface area contributed by atoms with Crippen molar-refractivity contribution in [1.82, 2.24) is 0 Å². The first-order chi connectivity index (χ1) is 24.3. The van der Waals surface area contributed by atoms with Crippen molar-refractivity contribution in [2.75, 3.05) is 9.80 Å². The quantitative estimate of drug-likeness (QED) is 0.173. The number of anilines is 6. The average molecular weight is 631 g/mol. The van der Waals surface area contributed by atoms with Crippen LogP contribution in [0.2, 0.25) is 0 Å². The molecule has 0 saturated carbocycles. The Morgan fingerprint density at radius 2 is 0.673 bits per heavy atom. The summed E-state index contributed by atoms with van der Waals surface area (Å²) >= 11 is 0. The summed E-state index contributed by atoms with van der Waals surface area (Å²) in [6, 6.07) is 66.4. The maximum absolute atomic E-state index is 2.51. The summed E-state index contributed by atoms with van der Waals surface area (Å²) in [5.41, 5.74) is 15.5. The molecule has 49 heavy (non-hydrogen) atoms. The Kier molecular flexibility index (Phi) is 7.35. The molecule has 9 rings (SSSR count). The van der Waals surface area contributed by atoms with Gasteiger partial charge >= 0.3 is 0 Å². The fraction of sp³-hybridized carbons (Fsp3) is 0.106. The van der Waals surface area contributed by atoms with Crippen LogP contribution in [0.3, 0.4) is 0 Å². The maximum Gasteiger partial charge on any atom is 0.0464 e. The molecule has 0 heterocycles. The van der Waals surface area contributed by atoms with Gasteiger partial charge in [0.15, 0.2) is 0 Å². The van der Waals surface area contributed by atoms with Crippen LogP contribution in [-0.4, -0.2) is 0 Å². The third kappa shape index (κ3) is 5.21. The fourth-order valence-electron chi connectivity index (χ4n) is 8.30. The summed E-state index contributed by atoms with van der Waals surface area (Å²) in [6.07, 6.45) is 4.52. The zero-order valence-corrected chi connectivity index (χ0v) is 27.5. The number of aryl methyl sites for hydroxylation is 2. The third-order valence-corrected chi connectivity index (χ3v) is 10.7. The fourth-order valence-corrected chi connectivity index (χ4v) is 8.30. The Balaban J connectivity index is 1.14. The number of nitrogens with zero attached hydrogens (tertiary/aromatic N) is 2. The highest BCUT2D eigenvalue weighted by Gasteiger charge is 2.45. The largest absolute Gasteiger partial charge is 0.310 e. The van der Waals surface area contributed by atoms with Crippen molar-refractivity contribution in [3.05, 3.63) is 204 Å². The van der Waals surface area contributed by atoms with Crippen molar-refractivity contribution >= 4 is 34.1 Å². The van der Waals surface area contributed by atoms with Gasteiger partial charge in [-0.15, -0.1) is 0 Å². The summed E-state index contributed by atoms with van der Waals surface area (Å²) < 4.78 is 0. The van der Waals surface area contributed by atoms with Crippen LogP contribution >= 0.6 is 0 Å². The van der Waals surface area contributed by atoms with Crippen LogP contribution in [0.1, 0.15) is 35.1 Å². The Morgan fingerprint density at radius 1 is 0.327 bits per heavy atom. The normalized spacial score (nSPS) is 15.9. The van der Waals surface area contributed by atoms with Gasteiger partial charge in [0, 0.05) is 39.5 Å². The van der Waals surface area contributed by atoms with Gasteiger partial charge in [0.2, 0.25) is 0 Å². The molecular formula is C47H38N2. The molecule has 0 N–H and O–H groups in total. The van der Waals surface area contributed by atoms with Gasteiger partial charge in [-0.2, -0.15) is 0 Å². The summed E-state index contributed by atoms with van der Waals surface area (Å²) in [4.78, 5) is 4.81. The van der Waals surface area contributed by atoms with Gasteiger partial charge < -0.3 is 9.80 Å². The van der Waals surface area contributed by atoms with Crippen LogP contribution in [0.4, 0.5) is 34.1 Å². The molecule has 236 valence electrons. The van der Waals surface area contributed by atoms with Crippen molar-refractivity contribution in [2.45, 2.75) is 31.1 Å². The third-order valence-electron chi connectivity index (χ3n) is 10.7. The van der Waals surface area contributed by atoms with Crippen molar-refractivity contribution in [2.24, 2.45) is 0 Å². The minimum Gasteiger partial charge on any atom is -0.310 e. The van der Waals surface area contributed by atoms with E-state index >= 15 is 0 Å². The smallest absolute Gasteiger partial charge is 0.0464 e. The van der Waals surface area contributed by atoms with Crippen LogP contribution in [0.25, 0.3) is 11.1 Å². The zero-order chi connectivity index (χ0) is 32.6. The molecule has 2 aliphatic rings. The highest BCUT2D eigenvalue weighted by molar-refractivity contribution is 5.81. The molecule has 0 fully saturated rings. The molecule has 0 aromatic heterocycles. The first kappa shape index (κ1) is 29.3. The minimum absolute atomic E-state index is 0.00918. The second kappa shape index (κ2) is 12.3. The van der Waals surface area contributed by atoms with E-state index in [0.717, 1.165) is 37.1 Å². The lowest BCUT2D eigenvalue weighted by Gasteiger charge is -2.31. The van der Waals surface area contributed by atoms with Crippen LogP contribution < -0.4 is 9.80 Å². The van der Waals surface area contributed by atoms with Crippen molar-refractivity contribution in [3.63, 3.8) is 0 Å². The van der Waals surface area contributed by atoms with E-state index in [0.29, 0.717) is 0 Å². The number of hydrogen-bond donors (Lipinski definition) is 0. The highest BCUT2D eigenvalue weighted by Crippen LogP contribution is 2.54. The van der Waals surface area contributed by atoms with Gasteiger partial charge in [-0.1, -0.05) is 109 Å². The van der Waals surface area contributed by atoms with Crippen molar-refractivity contribution in [1.29, 1.82) is 0 Å². The molecule has 7 aromatic carbocycles. The number of para-hydroxylation sites is 3. The summed E-state index contributed by atoms with van der Waals surface area (Å²) in [5.74, 6) is 0. The Labute approximate surface area is 289 Å². The minimum atomic E-state index is 0.00918. The Morgan fingerprint density at radius 3 is 1.10 bits per heavy atom. The molecule has 2 aliphatic carbocycles.